The van der Waals surface area contributed by atoms with Gasteiger partial charge in [0, 0.05) is 15.1 Å². The SMILES string of the molecule is C#Cc1ccc(Cl)cc1-c1cccc(Br)c1. The van der Waals surface area contributed by atoms with Crippen molar-refractivity contribution in [2.45, 2.75) is 0 Å². The minimum Gasteiger partial charge on any atom is -0.115 e. The second-order valence-electron chi connectivity index (χ2n) is 3.34. The van der Waals surface area contributed by atoms with Gasteiger partial charge in [0.15, 0.2) is 0 Å². The van der Waals surface area contributed by atoms with E-state index in [4.69, 9.17) is 18.0 Å². The van der Waals surface area contributed by atoms with Gasteiger partial charge in [-0.1, -0.05) is 45.6 Å². The van der Waals surface area contributed by atoms with Crippen molar-refractivity contribution in [3.8, 4) is 23.5 Å². The van der Waals surface area contributed by atoms with Gasteiger partial charge in [-0.25, -0.2) is 0 Å². The second kappa shape index (κ2) is 4.74. The van der Waals surface area contributed by atoms with Crippen molar-refractivity contribution in [2.24, 2.45) is 0 Å². The predicted octanol–water partition coefficient (Wildman–Crippen LogP) is 4.75. The Morgan fingerprint density at radius 3 is 2.62 bits per heavy atom. The molecule has 0 aliphatic carbocycles. The van der Waals surface area contributed by atoms with Crippen LogP contribution < -0.4 is 0 Å². The maximum atomic E-state index is 5.98. The highest BCUT2D eigenvalue weighted by molar-refractivity contribution is 9.10. The Morgan fingerprint density at radius 2 is 1.94 bits per heavy atom. The molecule has 0 aliphatic rings. The van der Waals surface area contributed by atoms with Crippen molar-refractivity contribution >= 4 is 27.5 Å². The molecule has 2 heteroatoms. The Labute approximate surface area is 108 Å². The van der Waals surface area contributed by atoms with Gasteiger partial charge in [-0.2, -0.15) is 0 Å². The Morgan fingerprint density at radius 1 is 1.12 bits per heavy atom. The summed E-state index contributed by atoms with van der Waals surface area (Å²) in [5, 5.41) is 0.689. The van der Waals surface area contributed by atoms with Crippen LogP contribution in [0.2, 0.25) is 5.02 Å². The quantitative estimate of drug-likeness (QED) is 0.665. The van der Waals surface area contributed by atoms with Crippen molar-refractivity contribution in [1.82, 2.24) is 0 Å². The molecule has 2 aromatic carbocycles. The zero-order chi connectivity index (χ0) is 11.5. The number of hydrogen-bond donors (Lipinski definition) is 0. The average Bonchev–Trinajstić information content (AvgIpc) is 2.29. The molecule has 0 amide bonds. The first-order chi connectivity index (χ1) is 7.70. The van der Waals surface area contributed by atoms with Gasteiger partial charge in [-0.05, 0) is 41.5 Å². The molecular weight excluding hydrogens is 284 g/mol. The van der Waals surface area contributed by atoms with E-state index in [9.17, 15) is 0 Å². The van der Waals surface area contributed by atoms with Gasteiger partial charge in [-0.15, -0.1) is 6.42 Å². The summed E-state index contributed by atoms with van der Waals surface area (Å²) < 4.78 is 1.02. The lowest BCUT2D eigenvalue weighted by atomic mass is 10.0. The van der Waals surface area contributed by atoms with E-state index in [-0.39, 0.29) is 0 Å². The highest BCUT2D eigenvalue weighted by Crippen LogP contribution is 2.28. The first-order valence-electron chi connectivity index (χ1n) is 4.73. The lowest BCUT2D eigenvalue weighted by Crippen LogP contribution is -1.84. The first-order valence-corrected chi connectivity index (χ1v) is 5.90. The first kappa shape index (κ1) is 11.3. The molecule has 0 saturated carbocycles. The van der Waals surface area contributed by atoms with Crippen LogP contribution in [-0.4, -0.2) is 0 Å². The summed E-state index contributed by atoms with van der Waals surface area (Å²) in [6.45, 7) is 0. The van der Waals surface area contributed by atoms with E-state index in [0.29, 0.717) is 5.02 Å². The minimum atomic E-state index is 0.689. The van der Waals surface area contributed by atoms with E-state index in [0.717, 1.165) is 21.2 Å². The minimum absolute atomic E-state index is 0.689. The summed E-state index contributed by atoms with van der Waals surface area (Å²) in [4.78, 5) is 0. The fourth-order valence-electron chi connectivity index (χ4n) is 1.54. The monoisotopic (exact) mass is 290 g/mol. The van der Waals surface area contributed by atoms with E-state index in [1.165, 1.54) is 0 Å². The molecule has 2 rings (SSSR count). The highest BCUT2D eigenvalue weighted by Gasteiger charge is 2.04. The Balaban J connectivity index is 2.64. The maximum Gasteiger partial charge on any atom is 0.0413 e. The summed E-state index contributed by atoms with van der Waals surface area (Å²) in [6.07, 6.45) is 5.47. The molecular formula is C14H8BrCl. The van der Waals surface area contributed by atoms with Crippen LogP contribution in [0.3, 0.4) is 0 Å². The molecule has 0 bridgehead atoms. The van der Waals surface area contributed by atoms with E-state index in [1.807, 2.05) is 36.4 Å². The largest absolute Gasteiger partial charge is 0.115 e. The van der Waals surface area contributed by atoms with Crippen molar-refractivity contribution in [2.75, 3.05) is 0 Å². The van der Waals surface area contributed by atoms with Gasteiger partial charge < -0.3 is 0 Å². The van der Waals surface area contributed by atoms with Crippen molar-refractivity contribution < 1.29 is 0 Å². The molecule has 78 valence electrons. The zero-order valence-electron chi connectivity index (χ0n) is 8.37. The molecule has 0 aromatic heterocycles. The average molecular weight is 292 g/mol. The predicted molar refractivity (Wildman–Crippen MR) is 72.5 cm³/mol. The Kier molecular flexibility index (Phi) is 3.33. The van der Waals surface area contributed by atoms with E-state index >= 15 is 0 Å². The van der Waals surface area contributed by atoms with Crippen LogP contribution in [0.4, 0.5) is 0 Å². The Hall–Kier alpha value is -1.23. The van der Waals surface area contributed by atoms with Crippen molar-refractivity contribution in [1.29, 1.82) is 0 Å². The molecule has 0 N–H and O–H groups in total. The van der Waals surface area contributed by atoms with Gasteiger partial charge in [0.2, 0.25) is 0 Å². The van der Waals surface area contributed by atoms with Crippen molar-refractivity contribution in [3.05, 3.63) is 57.5 Å². The number of terminal acetylenes is 1. The molecule has 0 radical (unpaired) electrons. The van der Waals surface area contributed by atoms with Crippen LogP contribution in [0, 0.1) is 12.3 Å². The number of benzene rings is 2. The summed E-state index contributed by atoms with van der Waals surface area (Å²) in [5.41, 5.74) is 2.89. The molecule has 0 heterocycles. The van der Waals surface area contributed by atoms with Gasteiger partial charge in [0.05, 0.1) is 0 Å². The van der Waals surface area contributed by atoms with Crippen LogP contribution in [0.15, 0.2) is 46.9 Å². The molecule has 2 aromatic rings. The molecule has 16 heavy (non-hydrogen) atoms. The zero-order valence-corrected chi connectivity index (χ0v) is 10.7. The smallest absolute Gasteiger partial charge is 0.0413 e. The van der Waals surface area contributed by atoms with Gasteiger partial charge in [0.1, 0.15) is 0 Å². The number of hydrogen-bond acceptors (Lipinski definition) is 0. The lowest BCUT2D eigenvalue weighted by Gasteiger charge is -2.06. The Bertz CT molecular complexity index is 567. The van der Waals surface area contributed by atoms with Crippen LogP contribution in [0.1, 0.15) is 5.56 Å². The number of rotatable bonds is 1. The van der Waals surface area contributed by atoms with Gasteiger partial charge in [0.25, 0.3) is 0 Å². The van der Waals surface area contributed by atoms with Crippen molar-refractivity contribution in [3.63, 3.8) is 0 Å². The highest BCUT2D eigenvalue weighted by atomic mass is 79.9. The van der Waals surface area contributed by atoms with Gasteiger partial charge in [-0.3, -0.25) is 0 Å². The van der Waals surface area contributed by atoms with Crippen LogP contribution in [-0.2, 0) is 0 Å². The van der Waals surface area contributed by atoms with E-state index in [2.05, 4.69) is 21.9 Å². The molecule has 0 unspecified atom stereocenters. The van der Waals surface area contributed by atoms with Crippen LogP contribution >= 0.6 is 27.5 Å². The molecule has 0 atom stereocenters. The van der Waals surface area contributed by atoms with Crippen LogP contribution in [0.5, 0.6) is 0 Å². The van der Waals surface area contributed by atoms with E-state index < -0.39 is 0 Å². The maximum absolute atomic E-state index is 5.98. The molecule has 0 spiro atoms. The molecule has 0 aliphatic heterocycles. The fraction of sp³-hybridized carbons (Fsp3) is 0. The second-order valence-corrected chi connectivity index (χ2v) is 4.70. The summed E-state index contributed by atoms with van der Waals surface area (Å²) in [6, 6.07) is 13.5. The van der Waals surface area contributed by atoms with Gasteiger partial charge >= 0.3 is 0 Å². The summed E-state index contributed by atoms with van der Waals surface area (Å²) in [5.74, 6) is 2.67. The standard InChI is InChI=1S/C14H8BrCl/c1-2-10-6-7-13(16)9-14(10)11-4-3-5-12(15)8-11/h1,3-9H. The number of halogens is 2. The molecule has 0 fully saturated rings. The van der Waals surface area contributed by atoms with E-state index in [1.54, 1.807) is 6.07 Å². The van der Waals surface area contributed by atoms with Crippen LogP contribution in [0.25, 0.3) is 11.1 Å². The topological polar surface area (TPSA) is 0 Å². The lowest BCUT2D eigenvalue weighted by molar-refractivity contribution is 1.56. The fourth-order valence-corrected chi connectivity index (χ4v) is 2.11. The third-order valence-electron chi connectivity index (χ3n) is 2.27. The molecule has 0 nitrogen and oxygen atoms in total. The molecule has 0 saturated heterocycles. The summed E-state index contributed by atoms with van der Waals surface area (Å²) >= 11 is 9.42. The third kappa shape index (κ3) is 2.29. The summed E-state index contributed by atoms with van der Waals surface area (Å²) in [7, 11) is 0. The third-order valence-corrected chi connectivity index (χ3v) is 3.00. The normalized spacial score (nSPS) is 9.81.